The Kier molecular flexibility index (Phi) is 7.00. The second-order valence-corrected chi connectivity index (χ2v) is 4.62. The fourth-order valence-corrected chi connectivity index (χ4v) is 1.80. The molecule has 1 aromatic rings. The van der Waals surface area contributed by atoms with Gasteiger partial charge < -0.3 is 9.64 Å². The van der Waals surface area contributed by atoms with Crippen molar-refractivity contribution in [3.63, 3.8) is 0 Å². The molecule has 0 spiro atoms. The van der Waals surface area contributed by atoms with E-state index in [1.165, 1.54) is 0 Å². The largest absolute Gasteiger partial charge is 0.464 e. The Morgan fingerprint density at radius 1 is 1.25 bits per heavy atom. The smallest absolute Gasteiger partial charge is 0.323 e. The van der Waals surface area contributed by atoms with Crippen LogP contribution in [0.2, 0.25) is 0 Å². The minimum Gasteiger partial charge on any atom is -0.464 e. The van der Waals surface area contributed by atoms with E-state index in [1.807, 2.05) is 6.92 Å². The van der Waals surface area contributed by atoms with Gasteiger partial charge in [-0.1, -0.05) is 20.3 Å². The number of nitrogens with zero attached hydrogens (tertiary/aromatic N) is 4. The molecule has 1 atom stereocenters. The highest BCUT2D eigenvalue weighted by Crippen LogP contribution is 2.18. The minimum atomic E-state index is 0.301. The van der Waals surface area contributed by atoms with E-state index in [9.17, 15) is 0 Å². The summed E-state index contributed by atoms with van der Waals surface area (Å²) in [6.45, 7) is 9.78. The van der Waals surface area contributed by atoms with Crippen molar-refractivity contribution in [2.75, 3.05) is 23.5 Å². The molecule has 0 bridgehead atoms. The third kappa shape index (κ3) is 4.48. The number of unbranched alkanes of at least 4 members (excludes halogenated alkanes) is 1. The quantitative estimate of drug-likeness (QED) is 0.528. The normalized spacial score (nSPS) is 12.1. The fraction of sp³-hybridized carbons (Fsp3) is 0.769. The van der Waals surface area contributed by atoms with Crippen LogP contribution in [0.1, 0.15) is 47.0 Å². The highest BCUT2D eigenvalue weighted by atomic mass is 16.5. The summed E-state index contributed by atoms with van der Waals surface area (Å²) in [6, 6.07) is 0.652. The molecule has 0 aromatic carbocycles. The molecule has 114 valence electrons. The van der Waals surface area contributed by atoms with Gasteiger partial charge in [-0.05, 0) is 26.7 Å². The van der Waals surface area contributed by atoms with Gasteiger partial charge in [0.05, 0.1) is 6.61 Å². The van der Waals surface area contributed by atoms with Crippen LogP contribution >= 0.6 is 0 Å². The summed E-state index contributed by atoms with van der Waals surface area (Å²) in [4.78, 5) is 15.0. The predicted octanol–water partition coefficient (Wildman–Crippen LogP) is 1.96. The number of nitrogen functional groups attached to an aromatic ring is 1. The first-order valence-corrected chi connectivity index (χ1v) is 7.28. The lowest BCUT2D eigenvalue weighted by molar-refractivity contribution is 0.311. The maximum atomic E-state index is 5.42. The van der Waals surface area contributed by atoms with Gasteiger partial charge in [0, 0.05) is 12.6 Å². The summed E-state index contributed by atoms with van der Waals surface area (Å²) >= 11 is 0. The van der Waals surface area contributed by atoms with E-state index < -0.39 is 0 Å². The molecule has 0 saturated heterocycles. The molecule has 3 N–H and O–H groups in total. The lowest BCUT2D eigenvalue weighted by Crippen LogP contribution is -2.35. The van der Waals surface area contributed by atoms with Crippen molar-refractivity contribution in [2.24, 2.45) is 5.84 Å². The van der Waals surface area contributed by atoms with Crippen molar-refractivity contribution in [3.05, 3.63) is 0 Å². The van der Waals surface area contributed by atoms with Crippen molar-refractivity contribution in [1.82, 2.24) is 15.0 Å². The Balaban J connectivity index is 3.06. The van der Waals surface area contributed by atoms with Gasteiger partial charge in [-0.15, -0.1) is 0 Å². The zero-order chi connectivity index (χ0) is 15.0. The van der Waals surface area contributed by atoms with Gasteiger partial charge >= 0.3 is 6.01 Å². The number of hydrogen-bond acceptors (Lipinski definition) is 7. The van der Waals surface area contributed by atoms with Crippen molar-refractivity contribution in [3.8, 4) is 6.01 Å². The molecule has 20 heavy (non-hydrogen) atoms. The maximum Gasteiger partial charge on any atom is 0.323 e. The van der Waals surface area contributed by atoms with E-state index in [0.717, 1.165) is 25.8 Å². The molecule has 0 radical (unpaired) electrons. The van der Waals surface area contributed by atoms with E-state index in [1.54, 1.807) is 0 Å². The summed E-state index contributed by atoms with van der Waals surface area (Å²) in [5, 5.41) is 0. The molecule has 7 heteroatoms. The van der Waals surface area contributed by atoms with Crippen LogP contribution in [-0.2, 0) is 0 Å². The Hall–Kier alpha value is -1.63. The number of nitrogens with two attached hydrogens (primary N) is 1. The second kappa shape index (κ2) is 8.52. The lowest BCUT2D eigenvalue weighted by atomic mass is 10.2. The summed E-state index contributed by atoms with van der Waals surface area (Å²) in [6.07, 6.45) is 3.23. The molecule has 1 unspecified atom stereocenters. The summed E-state index contributed by atoms with van der Waals surface area (Å²) < 4.78 is 5.37. The molecule has 1 aromatic heterocycles. The van der Waals surface area contributed by atoms with E-state index in [0.29, 0.717) is 30.6 Å². The average Bonchev–Trinajstić information content (AvgIpc) is 2.47. The number of ether oxygens (including phenoxy) is 1. The minimum absolute atomic E-state index is 0.301. The van der Waals surface area contributed by atoms with Crippen LogP contribution in [0.3, 0.4) is 0 Å². The predicted molar refractivity (Wildman–Crippen MR) is 80.8 cm³/mol. The number of hydrazine groups is 1. The molecule has 0 fully saturated rings. The van der Waals surface area contributed by atoms with Crippen LogP contribution < -0.4 is 20.9 Å². The van der Waals surface area contributed by atoms with Crippen molar-refractivity contribution >= 4 is 11.9 Å². The van der Waals surface area contributed by atoms with Gasteiger partial charge in [0.15, 0.2) is 0 Å². The first-order chi connectivity index (χ1) is 9.65. The molecular formula is C13H26N6O. The van der Waals surface area contributed by atoms with Gasteiger partial charge in [-0.25, -0.2) is 5.84 Å². The van der Waals surface area contributed by atoms with E-state index in [4.69, 9.17) is 10.6 Å². The van der Waals surface area contributed by atoms with Crippen molar-refractivity contribution in [1.29, 1.82) is 0 Å². The summed E-state index contributed by atoms with van der Waals surface area (Å²) in [5.41, 5.74) is 2.47. The van der Waals surface area contributed by atoms with Crippen LogP contribution in [-0.4, -0.2) is 34.1 Å². The molecule has 0 aliphatic carbocycles. The number of anilines is 2. The summed E-state index contributed by atoms with van der Waals surface area (Å²) in [5.74, 6) is 6.35. The van der Waals surface area contributed by atoms with Gasteiger partial charge in [-0.3, -0.25) is 5.43 Å². The van der Waals surface area contributed by atoms with Gasteiger partial charge in [0.1, 0.15) is 0 Å². The van der Waals surface area contributed by atoms with E-state index in [-0.39, 0.29) is 0 Å². The molecule has 0 aliphatic rings. The highest BCUT2D eigenvalue weighted by molar-refractivity contribution is 5.38. The van der Waals surface area contributed by atoms with Crippen LogP contribution in [0.15, 0.2) is 0 Å². The molecule has 0 saturated carbocycles. The first-order valence-electron chi connectivity index (χ1n) is 7.28. The molecule has 7 nitrogen and oxygen atoms in total. The second-order valence-electron chi connectivity index (χ2n) is 4.62. The first kappa shape index (κ1) is 16.4. The molecular weight excluding hydrogens is 256 g/mol. The standard InChI is InChI=1S/C13H26N6O/c1-5-8-9-19(10(4)6-2)12-15-11(18-14)16-13(17-12)20-7-3/h10H,5-9,14H2,1-4H3,(H,15,16,17,18). The van der Waals surface area contributed by atoms with Crippen molar-refractivity contribution in [2.45, 2.75) is 53.0 Å². The number of nitrogens with one attached hydrogen (secondary N) is 1. The third-order valence-electron chi connectivity index (χ3n) is 3.14. The molecule has 1 rings (SSSR count). The Bertz CT molecular complexity index is 400. The Labute approximate surface area is 120 Å². The van der Waals surface area contributed by atoms with E-state index >= 15 is 0 Å². The Morgan fingerprint density at radius 2 is 2.00 bits per heavy atom. The summed E-state index contributed by atoms with van der Waals surface area (Å²) in [7, 11) is 0. The van der Waals surface area contributed by atoms with Crippen LogP contribution in [0.4, 0.5) is 11.9 Å². The highest BCUT2D eigenvalue weighted by Gasteiger charge is 2.18. The third-order valence-corrected chi connectivity index (χ3v) is 3.14. The van der Waals surface area contributed by atoms with E-state index in [2.05, 4.69) is 46.0 Å². The molecule has 0 amide bonds. The van der Waals surface area contributed by atoms with Gasteiger partial charge in [0.2, 0.25) is 11.9 Å². The van der Waals surface area contributed by atoms with Gasteiger partial charge in [-0.2, -0.15) is 15.0 Å². The maximum absolute atomic E-state index is 5.42. The molecule has 0 aliphatic heterocycles. The topological polar surface area (TPSA) is 89.2 Å². The molecule has 1 heterocycles. The zero-order valence-corrected chi connectivity index (χ0v) is 12.9. The van der Waals surface area contributed by atoms with Crippen LogP contribution in [0.5, 0.6) is 6.01 Å². The zero-order valence-electron chi connectivity index (χ0n) is 12.9. The van der Waals surface area contributed by atoms with Crippen molar-refractivity contribution < 1.29 is 4.74 Å². The number of aromatic nitrogens is 3. The van der Waals surface area contributed by atoms with Crippen LogP contribution in [0, 0.1) is 0 Å². The fourth-order valence-electron chi connectivity index (χ4n) is 1.80. The SMILES string of the molecule is CCCCN(c1nc(NN)nc(OCC)n1)C(C)CC. The van der Waals surface area contributed by atoms with Gasteiger partial charge in [0.25, 0.3) is 0 Å². The lowest BCUT2D eigenvalue weighted by Gasteiger charge is -2.28. The Morgan fingerprint density at radius 3 is 2.55 bits per heavy atom. The van der Waals surface area contributed by atoms with Crippen LogP contribution in [0.25, 0.3) is 0 Å². The monoisotopic (exact) mass is 282 g/mol. The average molecular weight is 282 g/mol. The number of hydrogen-bond donors (Lipinski definition) is 2. The number of rotatable bonds is 9.